The van der Waals surface area contributed by atoms with Gasteiger partial charge in [-0.15, -0.1) is 0 Å². The van der Waals surface area contributed by atoms with E-state index in [1.165, 1.54) is 18.0 Å². The van der Waals surface area contributed by atoms with E-state index < -0.39 is 0 Å². The van der Waals surface area contributed by atoms with Gasteiger partial charge in [-0.3, -0.25) is 4.79 Å². The van der Waals surface area contributed by atoms with E-state index in [2.05, 4.69) is 4.98 Å². The minimum atomic E-state index is 0.486. The van der Waals surface area contributed by atoms with Crippen LogP contribution in [0.2, 0.25) is 5.02 Å². The number of carbonyl (C=O) groups is 1. The molecule has 0 aliphatic carbocycles. The number of halogens is 1. The van der Waals surface area contributed by atoms with E-state index >= 15 is 0 Å². The maximum absolute atomic E-state index is 10.8. The predicted molar refractivity (Wildman–Crippen MR) is 57.5 cm³/mol. The largest absolute Gasteiger partial charge is 0.440 e. The van der Waals surface area contributed by atoms with Crippen LogP contribution in [0.15, 0.2) is 45.2 Å². The molecular formula is C10H6ClNO2S. The van der Waals surface area contributed by atoms with E-state index in [9.17, 15) is 4.79 Å². The van der Waals surface area contributed by atoms with E-state index in [4.69, 9.17) is 16.0 Å². The molecule has 0 spiro atoms. The molecule has 3 nitrogen and oxygen atoms in total. The minimum Gasteiger partial charge on any atom is -0.440 e. The molecule has 0 N–H and O–H groups in total. The van der Waals surface area contributed by atoms with E-state index in [-0.39, 0.29) is 0 Å². The van der Waals surface area contributed by atoms with Gasteiger partial charge in [0.1, 0.15) is 6.26 Å². The van der Waals surface area contributed by atoms with Crippen molar-refractivity contribution in [1.82, 2.24) is 4.98 Å². The lowest BCUT2D eigenvalue weighted by molar-refractivity contribution is 0.112. The Morgan fingerprint density at radius 2 is 2.33 bits per heavy atom. The molecule has 2 rings (SSSR count). The molecule has 5 heteroatoms. The van der Waals surface area contributed by atoms with Gasteiger partial charge >= 0.3 is 0 Å². The van der Waals surface area contributed by atoms with Crippen molar-refractivity contribution in [3.8, 4) is 0 Å². The van der Waals surface area contributed by atoms with Gasteiger partial charge in [-0.1, -0.05) is 11.6 Å². The summed E-state index contributed by atoms with van der Waals surface area (Å²) < 4.78 is 5.07. The molecule has 0 aliphatic rings. The lowest BCUT2D eigenvalue weighted by atomic mass is 10.2. The average molecular weight is 240 g/mol. The van der Waals surface area contributed by atoms with Gasteiger partial charge in [0.05, 0.1) is 6.20 Å². The second-order valence-corrected chi connectivity index (χ2v) is 4.13. The Labute approximate surface area is 95.5 Å². The summed E-state index contributed by atoms with van der Waals surface area (Å²) in [5.41, 5.74) is 0.572. The van der Waals surface area contributed by atoms with Gasteiger partial charge < -0.3 is 4.42 Å². The third-order valence-electron chi connectivity index (χ3n) is 1.71. The average Bonchev–Trinajstić information content (AvgIpc) is 2.71. The highest BCUT2D eigenvalue weighted by Crippen LogP contribution is 2.30. The lowest BCUT2D eigenvalue weighted by Crippen LogP contribution is -1.84. The first-order chi connectivity index (χ1) is 7.29. The van der Waals surface area contributed by atoms with Crippen molar-refractivity contribution in [3.63, 3.8) is 0 Å². The molecule has 0 fully saturated rings. The van der Waals surface area contributed by atoms with Gasteiger partial charge in [-0.2, -0.15) is 0 Å². The van der Waals surface area contributed by atoms with E-state index in [1.807, 2.05) is 0 Å². The normalized spacial score (nSPS) is 10.2. The molecule has 0 aliphatic heterocycles. The van der Waals surface area contributed by atoms with Crippen LogP contribution in [0, 0.1) is 0 Å². The second-order valence-electron chi connectivity index (χ2n) is 2.70. The number of aromatic nitrogens is 1. The van der Waals surface area contributed by atoms with Crippen LogP contribution in [0.4, 0.5) is 0 Å². The molecular weight excluding hydrogens is 234 g/mol. The van der Waals surface area contributed by atoms with E-state index in [0.29, 0.717) is 15.8 Å². The molecule has 1 aromatic heterocycles. The summed E-state index contributed by atoms with van der Waals surface area (Å²) >= 11 is 7.10. The molecule has 0 atom stereocenters. The quantitative estimate of drug-likeness (QED) is 0.771. The minimum absolute atomic E-state index is 0.486. The summed E-state index contributed by atoms with van der Waals surface area (Å²) in [5.74, 6) is 0. The Kier molecular flexibility index (Phi) is 3.08. The first kappa shape index (κ1) is 10.3. The molecule has 0 saturated heterocycles. The van der Waals surface area contributed by atoms with Crippen LogP contribution in [-0.4, -0.2) is 11.3 Å². The van der Waals surface area contributed by atoms with E-state index in [0.717, 1.165) is 11.2 Å². The second kappa shape index (κ2) is 4.51. The Morgan fingerprint density at radius 3 is 3.00 bits per heavy atom. The number of rotatable bonds is 3. The fraction of sp³-hybridized carbons (Fsp3) is 0. The third kappa shape index (κ3) is 2.40. The zero-order chi connectivity index (χ0) is 10.7. The van der Waals surface area contributed by atoms with E-state index in [1.54, 1.807) is 24.4 Å². The number of nitrogens with zero attached hydrogens (tertiary/aromatic N) is 1. The first-order valence-electron chi connectivity index (χ1n) is 4.11. The first-order valence-corrected chi connectivity index (χ1v) is 5.31. The number of hydrogen-bond donors (Lipinski definition) is 0. The molecule has 0 bridgehead atoms. The lowest BCUT2D eigenvalue weighted by Gasteiger charge is -2.01. The van der Waals surface area contributed by atoms with Crippen molar-refractivity contribution in [1.29, 1.82) is 0 Å². The maximum Gasteiger partial charge on any atom is 0.260 e. The van der Waals surface area contributed by atoms with Crippen LogP contribution in [0.25, 0.3) is 0 Å². The molecule has 0 amide bonds. The summed E-state index contributed by atoms with van der Waals surface area (Å²) in [6.45, 7) is 0. The van der Waals surface area contributed by atoms with Crippen molar-refractivity contribution in [2.75, 3.05) is 0 Å². The van der Waals surface area contributed by atoms with Gasteiger partial charge in [0, 0.05) is 15.5 Å². The van der Waals surface area contributed by atoms with Crippen molar-refractivity contribution in [3.05, 3.63) is 41.2 Å². The highest BCUT2D eigenvalue weighted by molar-refractivity contribution is 7.99. The Balaban J connectivity index is 2.34. The fourth-order valence-corrected chi connectivity index (χ4v) is 2.11. The van der Waals surface area contributed by atoms with Crippen LogP contribution in [-0.2, 0) is 0 Å². The molecule has 1 heterocycles. The van der Waals surface area contributed by atoms with Gasteiger partial charge in [0.15, 0.2) is 6.29 Å². The summed E-state index contributed by atoms with van der Waals surface area (Å²) in [6, 6.07) is 5.05. The third-order valence-corrected chi connectivity index (χ3v) is 2.89. The van der Waals surface area contributed by atoms with Crippen LogP contribution >= 0.6 is 23.4 Å². The molecule has 2 aromatic rings. The number of hydrogen-bond acceptors (Lipinski definition) is 4. The fourth-order valence-electron chi connectivity index (χ4n) is 1.05. The Morgan fingerprint density at radius 1 is 1.47 bits per heavy atom. The number of aldehydes is 1. The molecule has 1 aromatic carbocycles. The Bertz CT molecular complexity index is 470. The number of carbonyl (C=O) groups excluding carboxylic acids is 1. The zero-order valence-corrected chi connectivity index (χ0v) is 9.09. The maximum atomic E-state index is 10.8. The topological polar surface area (TPSA) is 43.1 Å². The summed E-state index contributed by atoms with van der Waals surface area (Å²) in [6.07, 6.45) is 3.81. The van der Waals surface area contributed by atoms with Crippen LogP contribution < -0.4 is 0 Å². The van der Waals surface area contributed by atoms with Crippen molar-refractivity contribution in [2.45, 2.75) is 10.1 Å². The zero-order valence-electron chi connectivity index (χ0n) is 7.51. The molecule has 0 unspecified atom stereocenters. The monoisotopic (exact) mass is 239 g/mol. The van der Waals surface area contributed by atoms with Crippen molar-refractivity contribution < 1.29 is 9.21 Å². The SMILES string of the molecule is O=Cc1ccc(Cl)cc1Sc1ncco1. The summed E-state index contributed by atoms with van der Waals surface area (Å²) in [7, 11) is 0. The standard InChI is InChI=1S/C10H6ClNO2S/c11-8-2-1-7(6-13)9(5-8)15-10-12-3-4-14-10/h1-6H. The van der Waals surface area contributed by atoms with Crippen LogP contribution in [0.3, 0.4) is 0 Å². The molecule has 0 saturated carbocycles. The number of benzene rings is 1. The molecule has 76 valence electrons. The van der Waals surface area contributed by atoms with Crippen LogP contribution in [0.5, 0.6) is 0 Å². The molecule has 0 radical (unpaired) electrons. The van der Waals surface area contributed by atoms with Crippen molar-refractivity contribution in [2.24, 2.45) is 0 Å². The van der Waals surface area contributed by atoms with Gasteiger partial charge in [-0.25, -0.2) is 4.98 Å². The smallest absolute Gasteiger partial charge is 0.260 e. The van der Waals surface area contributed by atoms with Gasteiger partial charge in [-0.05, 0) is 30.0 Å². The van der Waals surface area contributed by atoms with Gasteiger partial charge in [0.25, 0.3) is 5.22 Å². The number of oxazole rings is 1. The predicted octanol–water partition coefficient (Wildman–Crippen LogP) is 3.29. The van der Waals surface area contributed by atoms with Crippen molar-refractivity contribution >= 4 is 29.6 Å². The van der Waals surface area contributed by atoms with Crippen LogP contribution in [0.1, 0.15) is 10.4 Å². The Hall–Kier alpha value is -1.26. The highest BCUT2D eigenvalue weighted by Gasteiger charge is 2.07. The summed E-state index contributed by atoms with van der Waals surface area (Å²) in [5, 5.41) is 1.06. The summed E-state index contributed by atoms with van der Waals surface area (Å²) in [4.78, 5) is 15.4. The highest BCUT2D eigenvalue weighted by atomic mass is 35.5. The molecule has 15 heavy (non-hydrogen) atoms. The van der Waals surface area contributed by atoms with Gasteiger partial charge in [0.2, 0.25) is 0 Å².